The Balaban J connectivity index is 1.83. The fourth-order valence-corrected chi connectivity index (χ4v) is 4.29. The van der Waals surface area contributed by atoms with Gasteiger partial charge < -0.3 is 9.80 Å². The summed E-state index contributed by atoms with van der Waals surface area (Å²) in [5.41, 5.74) is 1.07. The molecule has 3 rings (SSSR count). The van der Waals surface area contributed by atoms with E-state index in [1.54, 1.807) is 0 Å². The van der Waals surface area contributed by atoms with Gasteiger partial charge in [-0.15, -0.1) is 0 Å². The standard InChI is InChI=1S/C21H33N3/c1-23(19-14-8-4-9-15-19)21(22-18-12-6-3-7-13-18)24(2)20-16-10-5-11-17-20/h3,6-7,12-13,19-20H,4-5,8-11,14-17H2,1-2H3. The molecular weight excluding hydrogens is 294 g/mol. The lowest BCUT2D eigenvalue weighted by molar-refractivity contribution is 0.212. The molecule has 0 saturated heterocycles. The lowest BCUT2D eigenvalue weighted by Crippen LogP contribution is -2.50. The van der Waals surface area contributed by atoms with Crippen LogP contribution >= 0.6 is 0 Å². The van der Waals surface area contributed by atoms with Crippen molar-refractivity contribution in [2.75, 3.05) is 14.1 Å². The molecule has 0 N–H and O–H groups in total. The zero-order valence-electron chi connectivity index (χ0n) is 15.5. The summed E-state index contributed by atoms with van der Waals surface area (Å²) in [6.07, 6.45) is 13.5. The SMILES string of the molecule is CN(C(=Nc1ccccc1)N(C)C1CCCCC1)C1CCCCC1. The Hall–Kier alpha value is -1.51. The monoisotopic (exact) mass is 327 g/mol. The summed E-state index contributed by atoms with van der Waals surface area (Å²) in [4.78, 5) is 10.0. The molecule has 0 aliphatic heterocycles. The number of nitrogens with zero attached hydrogens (tertiary/aromatic N) is 3. The minimum absolute atomic E-state index is 0.646. The summed E-state index contributed by atoms with van der Waals surface area (Å²) in [6.45, 7) is 0. The van der Waals surface area contributed by atoms with Crippen molar-refractivity contribution in [3.63, 3.8) is 0 Å². The predicted molar refractivity (Wildman–Crippen MR) is 103 cm³/mol. The Morgan fingerprint density at radius 1 is 0.750 bits per heavy atom. The smallest absolute Gasteiger partial charge is 0.201 e. The number of hydrogen-bond acceptors (Lipinski definition) is 1. The van der Waals surface area contributed by atoms with Crippen molar-refractivity contribution >= 4 is 11.6 Å². The fraction of sp³-hybridized carbons (Fsp3) is 0.667. The topological polar surface area (TPSA) is 18.8 Å². The van der Waals surface area contributed by atoms with E-state index >= 15 is 0 Å². The van der Waals surface area contributed by atoms with Gasteiger partial charge in [0.15, 0.2) is 0 Å². The molecule has 1 aromatic rings. The van der Waals surface area contributed by atoms with Gasteiger partial charge in [-0.3, -0.25) is 0 Å². The zero-order valence-corrected chi connectivity index (χ0v) is 15.5. The Morgan fingerprint density at radius 3 is 1.67 bits per heavy atom. The molecule has 2 aliphatic rings. The molecule has 1 aromatic carbocycles. The van der Waals surface area contributed by atoms with Crippen molar-refractivity contribution < 1.29 is 0 Å². The van der Waals surface area contributed by atoms with Crippen molar-refractivity contribution in [2.45, 2.75) is 76.3 Å². The molecule has 0 unspecified atom stereocenters. The van der Waals surface area contributed by atoms with Gasteiger partial charge in [-0.2, -0.15) is 0 Å². The molecule has 2 aliphatic carbocycles. The average Bonchev–Trinajstić information content (AvgIpc) is 2.67. The highest BCUT2D eigenvalue weighted by Crippen LogP contribution is 2.27. The minimum Gasteiger partial charge on any atom is -0.343 e. The molecule has 0 radical (unpaired) electrons. The summed E-state index contributed by atoms with van der Waals surface area (Å²) in [6, 6.07) is 11.7. The Kier molecular flexibility index (Phi) is 6.17. The van der Waals surface area contributed by atoms with Crippen molar-refractivity contribution in [1.29, 1.82) is 0 Å². The van der Waals surface area contributed by atoms with E-state index in [9.17, 15) is 0 Å². The molecule has 0 aromatic heterocycles. The summed E-state index contributed by atoms with van der Waals surface area (Å²) in [7, 11) is 4.52. The maximum Gasteiger partial charge on any atom is 0.201 e. The van der Waals surface area contributed by atoms with E-state index in [0.717, 1.165) is 5.69 Å². The van der Waals surface area contributed by atoms with Crippen molar-refractivity contribution in [3.8, 4) is 0 Å². The number of guanidine groups is 1. The second kappa shape index (κ2) is 8.55. The minimum atomic E-state index is 0.646. The van der Waals surface area contributed by atoms with Crippen LogP contribution in [-0.4, -0.2) is 41.9 Å². The van der Waals surface area contributed by atoms with Crippen LogP contribution in [0.2, 0.25) is 0 Å². The van der Waals surface area contributed by atoms with Crippen LogP contribution in [0.1, 0.15) is 64.2 Å². The molecule has 24 heavy (non-hydrogen) atoms. The Bertz CT molecular complexity index is 487. The maximum atomic E-state index is 5.08. The molecule has 0 heterocycles. The van der Waals surface area contributed by atoms with Crippen LogP contribution in [0.25, 0.3) is 0 Å². The van der Waals surface area contributed by atoms with Gasteiger partial charge in [0.05, 0.1) is 5.69 Å². The second-order valence-electron chi connectivity index (χ2n) is 7.55. The van der Waals surface area contributed by atoms with Crippen LogP contribution < -0.4 is 0 Å². The van der Waals surface area contributed by atoms with Crippen LogP contribution in [0.15, 0.2) is 35.3 Å². The first kappa shape index (κ1) is 17.3. The van der Waals surface area contributed by atoms with Crippen molar-refractivity contribution in [2.24, 2.45) is 4.99 Å². The van der Waals surface area contributed by atoms with E-state index < -0.39 is 0 Å². The third-order valence-electron chi connectivity index (χ3n) is 5.86. The molecule has 0 bridgehead atoms. The van der Waals surface area contributed by atoms with Gasteiger partial charge >= 0.3 is 0 Å². The lowest BCUT2D eigenvalue weighted by atomic mass is 9.93. The zero-order chi connectivity index (χ0) is 16.8. The number of aliphatic imine (C=N–C) groups is 1. The van der Waals surface area contributed by atoms with Crippen LogP contribution in [0.5, 0.6) is 0 Å². The number of para-hydroxylation sites is 1. The molecule has 3 nitrogen and oxygen atoms in total. The van der Waals surface area contributed by atoms with Gasteiger partial charge in [0, 0.05) is 26.2 Å². The van der Waals surface area contributed by atoms with Crippen LogP contribution in [-0.2, 0) is 0 Å². The van der Waals surface area contributed by atoms with Gasteiger partial charge in [-0.1, -0.05) is 56.7 Å². The molecule has 0 spiro atoms. The van der Waals surface area contributed by atoms with Crippen LogP contribution in [0, 0.1) is 0 Å². The third-order valence-corrected chi connectivity index (χ3v) is 5.86. The maximum absolute atomic E-state index is 5.08. The normalized spacial score (nSPS) is 19.8. The van der Waals surface area contributed by atoms with E-state index in [0.29, 0.717) is 12.1 Å². The summed E-state index contributed by atoms with van der Waals surface area (Å²) in [5.74, 6) is 1.17. The average molecular weight is 328 g/mol. The Labute approximate surface area is 147 Å². The number of rotatable bonds is 3. The largest absolute Gasteiger partial charge is 0.343 e. The quantitative estimate of drug-likeness (QED) is 0.561. The van der Waals surface area contributed by atoms with Gasteiger partial charge in [0.2, 0.25) is 5.96 Å². The van der Waals surface area contributed by atoms with Gasteiger partial charge in [0.25, 0.3) is 0 Å². The van der Waals surface area contributed by atoms with E-state index in [1.165, 1.54) is 70.2 Å². The highest BCUT2D eigenvalue weighted by Gasteiger charge is 2.27. The summed E-state index contributed by atoms with van der Waals surface area (Å²) in [5, 5.41) is 0. The molecule has 132 valence electrons. The summed E-state index contributed by atoms with van der Waals surface area (Å²) >= 11 is 0. The molecule has 2 saturated carbocycles. The van der Waals surface area contributed by atoms with Crippen molar-refractivity contribution in [1.82, 2.24) is 9.80 Å². The highest BCUT2D eigenvalue weighted by atomic mass is 15.4. The van der Waals surface area contributed by atoms with Gasteiger partial charge in [-0.25, -0.2) is 4.99 Å². The van der Waals surface area contributed by atoms with Gasteiger partial charge in [-0.05, 0) is 37.8 Å². The Morgan fingerprint density at radius 2 is 1.21 bits per heavy atom. The highest BCUT2D eigenvalue weighted by molar-refractivity contribution is 5.83. The first-order chi connectivity index (χ1) is 11.8. The van der Waals surface area contributed by atoms with E-state index in [-0.39, 0.29) is 0 Å². The van der Waals surface area contributed by atoms with E-state index in [1.807, 2.05) is 0 Å². The van der Waals surface area contributed by atoms with Crippen molar-refractivity contribution in [3.05, 3.63) is 30.3 Å². The molecule has 0 atom stereocenters. The molecule has 2 fully saturated rings. The molecule has 0 amide bonds. The van der Waals surface area contributed by atoms with Gasteiger partial charge in [0.1, 0.15) is 0 Å². The second-order valence-corrected chi connectivity index (χ2v) is 7.55. The van der Waals surface area contributed by atoms with Crippen LogP contribution in [0.4, 0.5) is 5.69 Å². The third kappa shape index (κ3) is 4.31. The first-order valence-electron chi connectivity index (χ1n) is 9.85. The lowest BCUT2D eigenvalue weighted by Gasteiger charge is -2.41. The number of hydrogen-bond donors (Lipinski definition) is 0. The molecular formula is C21H33N3. The number of benzene rings is 1. The fourth-order valence-electron chi connectivity index (χ4n) is 4.29. The predicted octanol–water partition coefficient (Wildman–Crippen LogP) is 5.20. The molecule has 3 heteroatoms. The van der Waals surface area contributed by atoms with Crippen LogP contribution in [0.3, 0.4) is 0 Å². The van der Waals surface area contributed by atoms with E-state index in [4.69, 9.17) is 4.99 Å². The summed E-state index contributed by atoms with van der Waals surface area (Å²) < 4.78 is 0. The first-order valence-corrected chi connectivity index (χ1v) is 9.85. The van der Waals surface area contributed by atoms with E-state index in [2.05, 4.69) is 54.2 Å².